The third-order valence-electron chi connectivity index (χ3n) is 4.86. The molecule has 0 saturated heterocycles. The summed E-state index contributed by atoms with van der Waals surface area (Å²) >= 11 is 0. The Kier molecular flexibility index (Phi) is 4.59. The van der Waals surface area contributed by atoms with E-state index in [-0.39, 0.29) is 11.2 Å². The van der Waals surface area contributed by atoms with Crippen LogP contribution in [0.2, 0.25) is 0 Å². The van der Waals surface area contributed by atoms with Crippen LogP contribution in [0, 0.1) is 12.3 Å². The summed E-state index contributed by atoms with van der Waals surface area (Å²) in [6.45, 7) is 6.25. The number of anilines is 4. The molecule has 0 amide bonds. The highest BCUT2D eigenvalue weighted by Gasteiger charge is 2.35. The number of nitrogens with zero attached hydrogens (tertiary/aromatic N) is 2. The van der Waals surface area contributed by atoms with E-state index in [9.17, 15) is 4.79 Å². The van der Waals surface area contributed by atoms with Crippen LogP contribution >= 0.6 is 0 Å². The summed E-state index contributed by atoms with van der Waals surface area (Å²) < 4.78 is 0. The number of para-hydroxylation sites is 1. The molecule has 0 unspecified atom stereocenters. The van der Waals surface area contributed by atoms with Crippen molar-refractivity contribution in [3.63, 3.8) is 0 Å². The zero-order valence-electron chi connectivity index (χ0n) is 16.4. The van der Waals surface area contributed by atoms with E-state index in [0.717, 1.165) is 29.1 Å². The summed E-state index contributed by atoms with van der Waals surface area (Å²) in [5.41, 5.74) is 4.27. The first-order valence-electron chi connectivity index (χ1n) is 9.49. The molecule has 0 spiro atoms. The van der Waals surface area contributed by atoms with E-state index in [1.807, 2.05) is 61.5 Å². The van der Waals surface area contributed by atoms with Gasteiger partial charge in [0.2, 0.25) is 5.95 Å². The van der Waals surface area contributed by atoms with Crippen LogP contribution in [-0.4, -0.2) is 15.8 Å². The first kappa shape index (κ1) is 18.2. The average Bonchev–Trinajstić information content (AvgIpc) is 2.61. The zero-order chi connectivity index (χ0) is 19.7. The molecule has 1 aromatic heterocycles. The molecule has 2 aromatic carbocycles. The molecular formula is C23H24N4O. The van der Waals surface area contributed by atoms with Crippen molar-refractivity contribution < 1.29 is 4.79 Å². The van der Waals surface area contributed by atoms with Crippen molar-refractivity contribution in [3.05, 3.63) is 71.4 Å². The lowest BCUT2D eigenvalue weighted by atomic mass is 9.75. The van der Waals surface area contributed by atoms with Crippen molar-refractivity contribution in [2.75, 3.05) is 10.6 Å². The molecule has 1 heterocycles. The molecule has 5 nitrogen and oxygen atoms in total. The van der Waals surface area contributed by atoms with Gasteiger partial charge in [-0.05, 0) is 48.6 Å². The van der Waals surface area contributed by atoms with Crippen LogP contribution in [0.25, 0.3) is 0 Å². The number of Topliss-reactive ketones (excluding diaryl/α,β-unsaturated/α-hetero) is 1. The van der Waals surface area contributed by atoms with Crippen molar-refractivity contribution in [1.29, 1.82) is 0 Å². The van der Waals surface area contributed by atoms with E-state index >= 15 is 0 Å². The summed E-state index contributed by atoms with van der Waals surface area (Å²) in [5, 5.41) is 6.61. The van der Waals surface area contributed by atoms with Crippen molar-refractivity contribution in [3.8, 4) is 0 Å². The van der Waals surface area contributed by atoms with E-state index in [0.29, 0.717) is 23.8 Å². The van der Waals surface area contributed by atoms with Crippen molar-refractivity contribution in [1.82, 2.24) is 9.97 Å². The first-order chi connectivity index (χ1) is 13.4. The maximum Gasteiger partial charge on any atom is 0.229 e. The first-order valence-corrected chi connectivity index (χ1v) is 9.49. The molecule has 1 aliphatic rings. The highest BCUT2D eigenvalue weighted by molar-refractivity contribution is 6.03. The Balaban J connectivity index is 1.77. The van der Waals surface area contributed by atoms with Gasteiger partial charge < -0.3 is 10.6 Å². The minimum absolute atomic E-state index is 0.0896. The van der Waals surface area contributed by atoms with Gasteiger partial charge in [0.25, 0.3) is 0 Å². The smallest absolute Gasteiger partial charge is 0.229 e. The van der Waals surface area contributed by atoms with Crippen molar-refractivity contribution in [2.45, 2.75) is 33.6 Å². The number of nitrogens with one attached hydrogen (secondary N) is 2. The van der Waals surface area contributed by atoms with Crippen molar-refractivity contribution >= 4 is 28.9 Å². The number of hydrogen-bond acceptors (Lipinski definition) is 5. The molecule has 5 heteroatoms. The Labute approximate surface area is 165 Å². The summed E-state index contributed by atoms with van der Waals surface area (Å²) in [7, 11) is 0. The fourth-order valence-corrected chi connectivity index (χ4v) is 3.62. The van der Waals surface area contributed by atoms with Gasteiger partial charge in [0, 0.05) is 17.8 Å². The second-order valence-electron chi connectivity index (χ2n) is 8.14. The summed E-state index contributed by atoms with van der Waals surface area (Å²) in [6, 6.07) is 17.8. The predicted octanol–water partition coefficient (Wildman–Crippen LogP) is 5.43. The Morgan fingerprint density at radius 2 is 1.64 bits per heavy atom. The van der Waals surface area contributed by atoms with Gasteiger partial charge >= 0.3 is 0 Å². The number of aryl methyl sites for hydroxylation is 1. The second kappa shape index (κ2) is 7.08. The van der Waals surface area contributed by atoms with Crippen LogP contribution in [0.1, 0.15) is 41.9 Å². The molecule has 0 bridgehead atoms. The largest absolute Gasteiger partial charge is 0.339 e. The molecule has 142 valence electrons. The zero-order valence-corrected chi connectivity index (χ0v) is 16.4. The van der Waals surface area contributed by atoms with Crippen LogP contribution in [0.5, 0.6) is 0 Å². The number of hydrogen-bond donors (Lipinski definition) is 2. The van der Waals surface area contributed by atoms with E-state index in [1.165, 1.54) is 0 Å². The Morgan fingerprint density at radius 1 is 0.893 bits per heavy atom. The van der Waals surface area contributed by atoms with Gasteiger partial charge in [-0.3, -0.25) is 4.79 Å². The van der Waals surface area contributed by atoms with Gasteiger partial charge in [-0.1, -0.05) is 44.2 Å². The van der Waals surface area contributed by atoms with Crippen LogP contribution in [0.4, 0.5) is 23.1 Å². The standard InChI is InChI=1S/C23H24N4O/c1-15-8-7-11-17(12-15)25-22-26-18-13-23(2,3)14-19(28)20(18)21(27-22)24-16-9-5-4-6-10-16/h4-12H,13-14H2,1-3H3,(H2,24,25,26,27). The third-order valence-corrected chi connectivity index (χ3v) is 4.86. The minimum atomic E-state index is -0.108. The van der Waals surface area contributed by atoms with Gasteiger partial charge in [-0.2, -0.15) is 4.98 Å². The van der Waals surface area contributed by atoms with E-state index < -0.39 is 0 Å². The predicted molar refractivity (Wildman–Crippen MR) is 113 cm³/mol. The molecule has 2 N–H and O–H groups in total. The Hall–Kier alpha value is -3.21. The van der Waals surface area contributed by atoms with Crippen LogP contribution in [0.15, 0.2) is 54.6 Å². The molecular weight excluding hydrogens is 348 g/mol. The van der Waals surface area contributed by atoms with Gasteiger partial charge in [0.1, 0.15) is 5.82 Å². The monoisotopic (exact) mass is 372 g/mol. The normalized spacial score (nSPS) is 15.0. The highest BCUT2D eigenvalue weighted by Crippen LogP contribution is 2.37. The molecule has 0 radical (unpaired) electrons. The molecule has 0 atom stereocenters. The van der Waals surface area contributed by atoms with Gasteiger partial charge in [0.05, 0.1) is 11.3 Å². The third kappa shape index (κ3) is 3.88. The number of fused-ring (bicyclic) bond motifs is 1. The molecule has 0 fully saturated rings. The van der Waals surface area contributed by atoms with E-state index in [2.05, 4.69) is 29.5 Å². The van der Waals surface area contributed by atoms with Gasteiger partial charge in [-0.15, -0.1) is 0 Å². The number of carbonyl (C=O) groups is 1. The second-order valence-corrected chi connectivity index (χ2v) is 8.14. The maximum atomic E-state index is 12.9. The lowest BCUT2D eigenvalue weighted by Gasteiger charge is -2.30. The number of rotatable bonds is 4. The SMILES string of the molecule is Cc1cccc(Nc2nc3c(c(Nc4ccccc4)n2)C(=O)CC(C)(C)C3)c1. The topological polar surface area (TPSA) is 66.9 Å². The van der Waals surface area contributed by atoms with Crippen LogP contribution in [0.3, 0.4) is 0 Å². The molecule has 0 aliphatic heterocycles. The summed E-state index contributed by atoms with van der Waals surface area (Å²) in [5.74, 6) is 1.15. The van der Waals surface area contributed by atoms with Gasteiger partial charge in [0.15, 0.2) is 5.78 Å². The molecule has 0 saturated carbocycles. The number of aromatic nitrogens is 2. The molecule has 4 rings (SSSR count). The van der Waals surface area contributed by atoms with E-state index in [1.54, 1.807) is 0 Å². The average molecular weight is 372 g/mol. The highest BCUT2D eigenvalue weighted by atomic mass is 16.1. The van der Waals surface area contributed by atoms with Crippen LogP contribution in [-0.2, 0) is 6.42 Å². The van der Waals surface area contributed by atoms with Crippen LogP contribution < -0.4 is 10.6 Å². The number of carbonyl (C=O) groups excluding carboxylic acids is 1. The molecule has 28 heavy (non-hydrogen) atoms. The fourth-order valence-electron chi connectivity index (χ4n) is 3.62. The minimum Gasteiger partial charge on any atom is -0.339 e. The van der Waals surface area contributed by atoms with Crippen molar-refractivity contribution in [2.24, 2.45) is 5.41 Å². The summed E-state index contributed by atoms with van der Waals surface area (Å²) in [4.78, 5) is 22.2. The Morgan fingerprint density at radius 3 is 2.39 bits per heavy atom. The fraction of sp³-hybridized carbons (Fsp3) is 0.261. The lowest BCUT2D eigenvalue weighted by molar-refractivity contribution is 0.0911. The lowest BCUT2D eigenvalue weighted by Crippen LogP contribution is -2.29. The maximum absolute atomic E-state index is 12.9. The quantitative estimate of drug-likeness (QED) is 0.639. The number of benzene rings is 2. The number of ketones is 1. The molecule has 1 aliphatic carbocycles. The Bertz CT molecular complexity index is 1030. The summed E-state index contributed by atoms with van der Waals surface area (Å²) in [6.07, 6.45) is 1.24. The van der Waals surface area contributed by atoms with E-state index in [4.69, 9.17) is 4.98 Å². The molecule has 3 aromatic rings. The van der Waals surface area contributed by atoms with Gasteiger partial charge in [-0.25, -0.2) is 4.98 Å².